The molecule has 0 atom stereocenters. The maximum Gasteiger partial charge on any atom is 0.0784 e. The molecule has 128 valence electrons. The van der Waals surface area contributed by atoms with Crippen molar-refractivity contribution < 1.29 is 17.3 Å². The standard InChI is InChI=1S/C20H25N3.ClH/c1-21(2)14-9-15-22(3)23-16-19(17-10-5-4-6-11-17)18-12-7-8-13-20(18)23;/h4-8,10-13,16H,9,14-15H2,1-3H3;1H. The van der Waals surface area contributed by atoms with Gasteiger partial charge < -0.3 is 22.3 Å². The highest BCUT2D eigenvalue weighted by Gasteiger charge is 2.12. The number of nitrogens with one attached hydrogen (secondary N) is 1. The molecule has 0 saturated heterocycles. The summed E-state index contributed by atoms with van der Waals surface area (Å²) in [6, 6.07) is 19.3. The van der Waals surface area contributed by atoms with Gasteiger partial charge in [-0.3, -0.25) is 4.68 Å². The number of rotatable bonds is 6. The molecule has 0 aliphatic heterocycles. The van der Waals surface area contributed by atoms with Crippen LogP contribution in [0.25, 0.3) is 22.0 Å². The summed E-state index contributed by atoms with van der Waals surface area (Å²) in [6.45, 7) is 2.24. The molecular formula is C20H26ClN3. The van der Waals surface area contributed by atoms with Gasteiger partial charge in [-0.1, -0.05) is 48.5 Å². The highest BCUT2D eigenvalue weighted by atomic mass is 35.5. The third kappa shape index (κ3) is 3.92. The summed E-state index contributed by atoms with van der Waals surface area (Å²) in [5.74, 6) is 0. The van der Waals surface area contributed by atoms with E-state index in [1.54, 1.807) is 0 Å². The molecule has 1 aromatic heterocycles. The van der Waals surface area contributed by atoms with Crippen LogP contribution in [-0.4, -0.2) is 38.9 Å². The van der Waals surface area contributed by atoms with Crippen molar-refractivity contribution in [1.82, 2.24) is 4.68 Å². The Morgan fingerprint density at radius 2 is 1.62 bits per heavy atom. The first-order valence-corrected chi connectivity index (χ1v) is 8.33. The van der Waals surface area contributed by atoms with Gasteiger partial charge >= 0.3 is 0 Å². The summed E-state index contributed by atoms with van der Waals surface area (Å²) in [6.07, 6.45) is 3.45. The van der Waals surface area contributed by atoms with E-state index in [9.17, 15) is 0 Å². The number of quaternary nitrogens is 1. The van der Waals surface area contributed by atoms with Crippen molar-refractivity contribution in [1.29, 1.82) is 0 Å². The molecule has 0 fully saturated rings. The fraction of sp³-hybridized carbons (Fsp3) is 0.300. The van der Waals surface area contributed by atoms with E-state index in [1.807, 2.05) is 0 Å². The molecule has 0 amide bonds. The van der Waals surface area contributed by atoms with Gasteiger partial charge in [0.2, 0.25) is 0 Å². The lowest BCUT2D eigenvalue weighted by molar-refractivity contribution is -0.858. The van der Waals surface area contributed by atoms with Gasteiger partial charge in [-0.2, -0.15) is 0 Å². The SMILES string of the molecule is CN(CCC[NH+](C)C)n1cc(-c2ccccc2)c2ccccc21.[Cl-]. The zero-order valence-electron chi connectivity index (χ0n) is 14.7. The van der Waals surface area contributed by atoms with Gasteiger partial charge in [0, 0.05) is 37.2 Å². The number of hydrogen-bond donors (Lipinski definition) is 1. The number of benzene rings is 2. The normalized spacial score (nSPS) is 10.8. The third-order valence-electron chi connectivity index (χ3n) is 4.30. The van der Waals surface area contributed by atoms with Crippen molar-refractivity contribution >= 4 is 10.9 Å². The first-order valence-electron chi connectivity index (χ1n) is 8.33. The summed E-state index contributed by atoms with van der Waals surface area (Å²) in [7, 11) is 6.59. The minimum absolute atomic E-state index is 0. The average molecular weight is 344 g/mol. The lowest BCUT2D eigenvalue weighted by Gasteiger charge is -2.22. The fourth-order valence-electron chi connectivity index (χ4n) is 3.06. The summed E-state index contributed by atoms with van der Waals surface area (Å²) in [5, 5.41) is 3.63. The van der Waals surface area contributed by atoms with Crippen molar-refractivity contribution in [2.45, 2.75) is 6.42 Å². The largest absolute Gasteiger partial charge is 1.00 e. The number of halogens is 1. The first kappa shape index (κ1) is 18.4. The molecule has 1 heterocycles. The molecule has 0 bridgehead atoms. The summed E-state index contributed by atoms with van der Waals surface area (Å²) in [4.78, 5) is 1.50. The molecule has 0 saturated carbocycles. The van der Waals surface area contributed by atoms with Crippen LogP contribution in [0, 0.1) is 0 Å². The minimum atomic E-state index is 0. The van der Waals surface area contributed by atoms with Crippen LogP contribution in [0.15, 0.2) is 60.8 Å². The van der Waals surface area contributed by atoms with Crippen molar-refractivity contribution in [3.63, 3.8) is 0 Å². The molecule has 3 rings (SSSR count). The van der Waals surface area contributed by atoms with E-state index in [0.29, 0.717) is 0 Å². The molecule has 0 aliphatic carbocycles. The topological polar surface area (TPSA) is 12.6 Å². The van der Waals surface area contributed by atoms with E-state index in [-0.39, 0.29) is 12.4 Å². The Bertz CT molecular complexity index is 765. The van der Waals surface area contributed by atoms with Crippen LogP contribution in [0.2, 0.25) is 0 Å². The second-order valence-corrected chi connectivity index (χ2v) is 6.46. The first-order chi connectivity index (χ1) is 11.2. The Labute approximate surface area is 150 Å². The Morgan fingerprint density at radius 1 is 0.958 bits per heavy atom. The lowest BCUT2D eigenvalue weighted by Crippen LogP contribution is -3.05. The molecule has 3 nitrogen and oxygen atoms in total. The van der Waals surface area contributed by atoms with Gasteiger partial charge in [0.25, 0.3) is 0 Å². The van der Waals surface area contributed by atoms with Crippen LogP contribution >= 0.6 is 0 Å². The summed E-state index contributed by atoms with van der Waals surface area (Å²) < 4.78 is 2.29. The highest BCUT2D eigenvalue weighted by Crippen LogP contribution is 2.30. The van der Waals surface area contributed by atoms with Gasteiger partial charge in [0.15, 0.2) is 0 Å². The predicted molar refractivity (Wildman–Crippen MR) is 98.7 cm³/mol. The maximum atomic E-state index is 2.32. The van der Waals surface area contributed by atoms with Crippen LogP contribution in [0.1, 0.15) is 6.42 Å². The molecule has 4 heteroatoms. The van der Waals surface area contributed by atoms with Crippen molar-refractivity contribution in [3.05, 3.63) is 60.8 Å². The molecule has 2 aromatic carbocycles. The highest BCUT2D eigenvalue weighted by molar-refractivity contribution is 5.96. The summed E-state index contributed by atoms with van der Waals surface area (Å²) in [5.41, 5.74) is 3.84. The van der Waals surface area contributed by atoms with E-state index in [4.69, 9.17) is 0 Å². The van der Waals surface area contributed by atoms with Crippen LogP contribution in [-0.2, 0) is 0 Å². The zero-order valence-corrected chi connectivity index (χ0v) is 15.4. The number of para-hydroxylation sites is 1. The van der Waals surface area contributed by atoms with E-state index in [1.165, 1.54) is 39.9 Å². The van der Waals surface area contributed by atoms with E-state index in [0.717, 1.165) is 6.54 Å². The molecule has 0 unspecified atom stereocenters. The van der Waals surface area contributed by atoms with Crippen molar-refractivity contribution in [2.24, 2.45) is 0 Å². The quantitative estimate of drug-likeness (QED) is 0.631. The van der Waals surface area contributed by atoms with Crippen LogP contribution in [0.4, 0.5) is 0 Å². The maximum absolute atomic E-state index is 2.32. The Hall–Kier alpha value is -1.97. The van der Waals surface area contributed by atoms with Crippen LogP contribution in [0.3, 0.4) is 0 Å². The number of nitrogens with zero attached hydrogens (tertiary/aromatic N) is 2. The van der Waals surface area contributed by atoms with E-state index >= 15 is 0 Å². The monoisotopic (exact) mass is 343 g/mol. The molecule has 0 spiro atoms. The fourth-order valence-corrected chi connectivity index (χ4v) is 3.06. The predicted octanol–water partition coefficient (Wildman–Crippen LogP) is -0.585. The smallest absolute Gasteiger partial charge is 0.0784 e. The molecule has 24 heavy (non-hydrogen) atoms. The van der Waals surface area contributed by atoms with Gasteiger partial charge in [0.1, 0.15) is 0 Å². The van der Waals surface area contributed by atoms with Crippen LogP contribution in [0.5, 0.6) is 0 Å². The molecule has 0 aliphatic rings. The van der Waals surface area contributed by atoms with Gasteiger partial charge in [-0.15, -0.1) is 0 Å². The summed E-state index contributed by atoms with van der Waals surface area (Å²) >= 11 is 0. The molecular weight excluding hydrogens is 318 g/mol. The molecule has 0 radical (unpaired) electrons. The molecule has 1 N–H and O–H groups in total. The van der Waals surface area contributed by atoms with Gasteiger partial charge in [-0.25, -0.2) is 0 Å². The molecule has 3 aromatic rings. The average Bonchev–Trinajstić information content (AvgIpc) is 2.95. The third-order valence-corrected chi connectivity index (χ3v) is 4.30. The Kier molecular flexibility index (Phi) is 6.29. The lowest BCUT2D eigenvalue weighted by atomic mass is 10.1. The Morgan fingerprint density at radius 3 is 2.33 bits per heavy atom. The minimum Gasteiger partial charge on any atom is -1.00 e. The van der Waals surface area contributed by atoms with Gasteiger partial charge in [0.05, 0.1) is 26.2 Å². The Balaban J connectivity index is 0.00000208. The number of fused-ring (bicyclic) bond motifs is 1. The van der Waals surface area contributed by atoms with Crippen LogP contribution < -0.4 is 22.3 Å². The van der Waals surface area contributed by atoms with Crippen molar-refractivity contribution in [3.8, 4) is 11.1 Å². The second kappa shape index (κ2) is 8.22. The van der Waals surface area contributed by atoms with Gasteiger partial charge in [-0.05, 0) is 11.6 Å². The second-order valence-electron chi connectivity index (χ2n) is 6.46. The number of aromatic nitrogens is 1. The number of hydrogen-bond acceptors (Lipinski definition) is 1. The zero-order chi connectivity index (χ0) is 16.2. The van der Waals surface area contributed by atoms with E-state index < -0.39 is 0 Å². The van der Waals surface area contributed by atoms with Crippen molar-refractivity contribution in [2.75, 3.05) is 39.2 Å². The van der Waals surface area contributed by atoms with E-state index in [2.05, 4.69) is 91.6 Å².